The van der Waals surface area contributed by atoms with E-state index in [-0.39, 0.29) is 21.1 Å². The summed E-state index contributed by atoms with van der Waals surface area (Å²) in [4.78, 5) is 10.5. The van der Waals surface area contributed by atoms with Gasteiger partial charge < -0.3 is 9.13 Å². The van der Waals surface area contributed by atoms with Gasteiger partial charge in [-0.25, -0.2) is 0 Å². The number of nitrogens with zero attached hydrogens (tertiary/aromatic N) is 4. The van der Waals surface area contributed by atoms with Crippen LogP contribution in [0, 0.1) is 12.1 Å². The van der Waals surface area contributed by atoms with Crippen molar-refractivity contribution in [1.29, 1.82) is 0 Å². The second kappa shape index (κ2) is 10.1. The molecule has 1 aliphatic rings. The van der Waals surface area contributed by atoms with Crippen molar-refractivity contribution in [3.8, 4) is 33.9 Å². The van der Waals surface area contributed by atoms with Gasteiger partial charge in [-0.1, -0.05) is 64.1 Å². The van der Waals surface area contributed by atoms with Crippen molar-refractivity contribution in [2.24, 2.45) is 0 Å². The molecule has 2 aromatic heterocycles. The quantitative estimate of drug-likeness (QED) is 0.171. The van der Waals surface area contributed by atoms with Crippen LogP contribution in [0.5, 0.6) is 0 Å². The van der Waals surface area contributed by atoms with Crippen molar-refractivity contribution < 1.29 is 21.1 Å². The van der Waals surface area contributed by atoms with E-state index in [0.717, 1.165) is 56.7 Å². The minimum atomic E-state index is -0.435. The number of fused-ring (bicyclic) bond motifs is 10. The van der Waals surface area contributed by atoms with Crippen LogP contribution in [0.25, 0.3) is 33.9 Å². The first-order chi connectivity index (χ1) is 19.3. The Hall–Kier alpha value is -4.01. The molecule has 41 heavy (non-hydrogen) atoms. The number of hydrogen-bond donors (Lipinski definition) is 0. The number of imidazole rings is 2. The van der Waals surface area contributed by atoms with Gasteiger partial charge >= 0.3 is 21.1 Å². The van der Waals surface area contributed by atoms with E-state index in [4.69, 9.17) is 9.97 Å². The number of aromatic nitrogens is 4. The fourth-order valence-electron chi connectivity index (χ4n) is 5.68. The van der Waals surface area contributed by atoms with Crippen LogP contribution in [-0.2, 0) is 31.9 Å². The van der Waals surface area contributed by atoms with Gasteiger partial charge in [0, 0.05) is 33.6 Å². The summed E-state index contributed by atoms with van der Waals surface area (Å²) in [6.45, 7) is 8.88. The first-order valence-electron chi connectivity index (χ1n) is 13.7. The summed E-state index contributed by atoms with van der Waals surface area (Å²) in [7, 11) is 0. The third-order valence-electron chi connectivity index (χ3n) is 8.09. The maximum absolute atomic E-state index is 5.27. The standard InChI is InChI=1S/C36H30N4.Pt/c1-35(2)27-15-11-13-25(21-27)32-24-40(30-19-9-6-10-20-30)34(38-32)36(3,4)28-16-12-14-26(22-28)31-23-39(33(35)37-31)29-17-7-5-8-18-29;/h5-20,23-24H,1-4H3;/q-2;+2. The molecule has 6 aromatic rings. The molecule has 3 heterocycles. The third-order valence-corrected chi connectivity index (χ3v) is 8.09. The summed E-state index contributed by atoms with van der Waals surface area (Å²) in [6, 6.07) is 41.0. The fraction of sp³-hybridized carbons (Fsp3) is 0.167. The Labute approximate surface area is 256 Å². The van der Waals surface area contributed by atoms with E-state index >= 15 is 0 Å². The van der Waals surface area contributed by atoms with Crippen LogP contribution >= 0.6 is 0 Å². The molecular weight excluding hydrogens is 684 g/mol. The van der Waals surface area contributed by atoms with Crippen LogP contribution in [0.2, 0.25) is 0 Å². The van der Waals surface area contributed by atoms with Crippen LogP contribution in [0.4, 0.5) is 0 Å². The maximum Gasteiger partial charge on any atom is 2.00 e. The van der Waals surface area contributed by atoms with Gasteiger partial charge in [0.25, 0.3) is 0 Å². The molecule has 1 aliphatic heterocycles. The molecule has 8 bridgehead atoms. The Morgan fingerprint density at radius 1 is 0.512 bits per heavy atom. The van der Waals surface area contributed by atoms with Crippen molar-refractivity contribution in [2.45, 2.75) is 38.5 Å². The van der Waals surface area contributed by atoms with Gasteiger partial charge in [0.05, 0.1) is 0 Å². The molecule has 0 radical (unpaired) electrons. The molecule has 7 rings (SSSR count). The van der Waals surface area contributed by atoms with E-state index < -0.39 is 10.8 Å². The van der Waals surface area contributed by atoms with Gasteiger partial charge in [0.15, 0.2) is 0 Å². The Morgan fingerprint density at radius 3 is 1.29 bits per heavy atom. The van der Waals surface area contributed by atoms with Gasteiger partial charge in [-0.2, -0.15) is 0 Å². The molecule has 5 heteroatoms. The topological polar surface area (TPSA) is 35.6 Å². The number of rotatable bonds is 2. The molecule has 204 valence electrons. The normalized spacial score (nSPS) is 14.5. The second-order valence-electron chi connectivity index (χ2n) is 11.5. The number of benzene rings is 4. The molecule has 4 nitrogen and oxygen atoms in total. The van der Waals surface area contributed by atoms with Crippen LogP contribution in [0.15, 0.2) is 109 Å². The second-order valence-corrected chi connectivity index (χ2v) is 11.5. The molecule has 0 saturated heterocycles. The Morgan fingerprint density at radius 2 is 0.902 bits per heavy atom. The van der Waals surface area contributed by atoms with Gasteiger partial charge in [-0.05, 0) is 36.7 Å². The average Bonchev–Trinajstić information content (AvgIpc) is 3.65. The smallest absolute Gasteiger partial charge is 0.312 e. The Balaban J connectivity index is 0.00000302. The van der Waals surface area contributed by atoms with Crippen LogP contribution in [0.3, 0.4) is 0 Å². The van der Waals surface area contributed by atoms with Gasteiger partial charge in [0.2, 0.25) is 0 Å². The summed E-state index contributed by atoms with van der Waals surface area (Å²) in [5.74, 6) is 1.90. The summed E-state index contributed by atoms with van der Waals surface area (Å²) >= 11 is 0. The molecule has 0 unspecified atom stereocenters. The molecule has 0 N–H and O–H groups in total. The van der Waals surface area contributed by atoms with Gasteiger partial charge in [-0.15, -0.1) is 70.8 Å². The molecule has 0 fully saturated rings. The van der Waals surface area contributed by atoms with Crippen LogP contribution < -0.4 is 0 Å². The van der Waals surface area contributed by atoms with E-state index in [1.807, 2.05) is 12.1 Å². The van der Waals surface area contributed by atoms with E-state index in [1.54, 1.807) is 0 Å². The summed E-state index contributed by atoms with van der Waals surface area (Å²) < 4.78 is 4.42. The Bertz CT molecular complexity index is 1710. The molecule has 0 spiro atoms. The van der Waals surface area contributed by atoms with Crippen LogP contribution in [-0.4, -0.2) is 19.1 Å². The fourth-order valence-corrected chi connectivity index (χ4v) is 5.68. The van der Waals surface area contributed by atoms with Gasteiger partial charge in [0.1, 0.15) is 11.6 Å². The van der Waals surface area contributed by atoms with Crippen molar-refractivity contribution in [3.63, 3.8) is 0 Å². The Kier molecular flexibility index (Phi) is 6.71. The van der Waals surface area contributed by atoms with E-state index in [2.05, 4.69) is 146 Å². The predicted molar refractivity (Wildman–Crippen MR) is 160 cm³/mol. The minimum Gasteiger partial charge on any atom is -0.312 e. The molecule has 0 saturated carbocycles. The van der Waals surface area contributed by atoms with Crippen LogP contribution in [0.1, 0.15) is 50.5 Å². The zero-order chi connectivity index (χ0) is 27.5. The number of hydrogen-bond acceptors (Lipinski definition) is 2. The number of para-hydroxylation sites is 2. The van der Waals surface area contributed by atoms with E-state index in [1.165, 1.54) is 0 Å². The van der Waals surface area contributed by atoms with Crippen molar-refractivity contribution >= 4 is 0 Å². The summed E-state index contributed by atoms with van der Waals surface area (Å²) in [5.41, 5.74) is 7.11. The molecule has 4 aromatic carbocycles. The minimum absolute atomic E-state index is 0. The molecule has 0 aliphatic carbocycles. The third kappa shape index (κ3) is 4.51. The molecule has 0 atom stereocenters. The SMILES string of the molecule is CC1(C)c2[c-]c(ccc2)-c2cn(-c3ccccc3)c(n2)C(C)(C)c2[c-]c(ccc2)-c2cn(-c3ccccc3)c1n2.[Pt+2]. The summed E-state index contributed by atoms with van der Waals surface area (Å²) in [6.07, 6.45) is 4.28. The van der Waals surface area contributed by atoms with E-state index in [9.17, 15) is 0 Å². The maximum atomic E-state index is 5.27. The van der Waals surface area contributed by atoms with Crippen molar-refractivity contribution in [2.75, 3.05) is 0 Å². The first-order valence-corrected chi connectivity index (χ1v) is 13.7. The zero-order valence-electron chi connectivity index (χ0n) is 23.5. The molecule has 0 amide bonds. The van der Waals surface area contributed by atoms with Crippen molar-refractivity contribution in [1.82, 2.24) is 19.1 Å². The summed E-state index contributed by atoms with van der Waals surface area (Å²) in [5, 5.41) is 0. The monoisotopic (exact) mass is 713 g/mol. The average molecular weight is 714 g/mol. The largest absolute Gasteiger partial charge is 2.00 e. The zero-order valence-corrected chi connectivity index (χ0v) is 25.8. The van der Waals surface area contributed by atoms with Gasteiger partial charge in [-0.3, -0.25) is 9.97 Å². The first kappa shape index (κ1) is 27.2. The van der Waals surface area contributed by atoms with E-state index in [0.29, 0.717) is 0 Å². The van der Waals surface area contributed by atoms with Crippen molar-refractivity contribution in [3.05, 3.63) is 144 Å². The predicted octanol–water partition coefficient (Wildman–Crippen LogP) is 7.96. The molecular formula is C36H30N4Pt.